The van der Waals surface area contributed by atoms with Gasteiger partial charge in [-0.25, -0.2) is 9.78 Å². The highest BCUT2D eigenvalue weighted by atomic mass is 35.5. The Kier molecular flexibility index (Phi) is 3.76. The van der Waals surface area contributed by atoms with Crippen molar-refractivity contribution in [3.8, 4) is 0 Å². The van der Waals surface area contributed by atoms with E-state index < -0.39 is 6.09 Å². The number of rotatable bonds is 3. The molecule has 2 rings (SSSR count). The fourth-order valence-electron chi connectivity index (χ4n) is 2.05. The molecule has 1 aliphatic rings. The number of anilines is 2. The second-order valence-electron chi connectivity index (χ2n) is 4.34. The van der Waals surface area contributed by atoms with Crippen molar-refractivity contribution >= 4 is 29.2 Å². The van der Waals surface area contributed by atoms with Gasteiger partial charge in [0.1, 0.15) is 5.82 Å². The Balaban J connectivity index is 1.95. The summed E-state index contributed by atoms with van der Waals surface area (Å²) in [5.41, 5.74) is 6.07. The lowest BCUT2D eigenvalue weighted by Gasteiger charge is -2.18. The summed E-state index contributed by atoms with van der Waals surface area (Å²) in [4.78, 5) is 16.7. The quantitative estimate of drug-likeness (QED) is 0.723. The van der Waals surface area contributed by atoms with E-state index in [9.17, 15) is 4.79 Å². The van der Waals surface area contributed by atoms with Crippen LogP contribution in [0.1, 0.15) is 6.42 Å². The third-order valence-electron chi connectivity index (χ3n) is 3.01. The van der Waals surface area contributed by atoms with Crippen LogP contribution in [0.15, 0.2) is 12.1 Å². The molecule has 0 aromatic carbocycles. The lowest BCUT2D eigenvalue weighted by atomic mass is 10.1. The van der Waals surface area contributed by atoms with Crippen LogP contribution in [0.5, 0.6) is 0 Å². The van der Waals surface area contributed by atoms with Crippen molar-refractivity contribution < 1.29 is 9.90 Å². The molecule has 7 heteroatoms. The fourth-order valence-corrected chi connectivity index (χ4v) is 2.20. The number of nitrogen functional groups attached to an aromatic ring is 1. The second kappa shape index (κ2) is 5.30. The molecule has 0 radical (unpaired) electrons. The van der Waals surface area contributed by atoms with E-state index in [0.717, 1.165) is 25.3 Å². The molecule has 1 unspecified atom stereocenters. The number of nitrogens with one attached hydrogen (secondary N) is 1. The molecular formula is C11H15ClN4O2. The zero-order valence-corrected chi connectivity index (χ0v) is 10.5. The van der Waals surface area contributed by atoms with Gasteiger partial charge in [0, 0.05) is 19.6 Å². The molecule has 1 aliphatic heterocycles. The predicted octanol–water partition coefficient (Wildman–Crippen LogP) is 1.41. The summed E-state index contributed by atoms with van der Waals surface area (Å²) in [5, 5.41) is 11.3. The monoisotopic (exact) mass is 270 g/mol. The summed E-state index contributed by atoms with van der Waals surface area (Å²) in [7, 11) is 0. The molecule has 1 atom stereocenters. The molecule has 18 heavy (non-hydrogen) atoms. The molecule has 98 valence electrons. The molecule has 1 fully saturated rings. The standard InChI is InChI=1S/C11H15ClN4O2/c12-10-8(13)1-2-9(15-10)16-4-3-7(6-16)5-14-11(17)18/h1-2,7,14H,3-6,13H2,(H,17,18). The van der Waals surface area contributed by atoms with E-state index in [-0.39, 0.29) is 0 Å². The second-order valence-corrected chi connectivity index (χ2v) is 4.69. The maximum absolute atomic E-state index is 10.4. The van der Waals surface area contributed by atoms with Crippen molar-refractivity contribution in [1.29, 1.82) is 0 Å². The maximum atomic E-state index is 10.4. The van der Waals surface area contributed by atoms with Crippen molar-refractivity contribution in [2.45, 2.75) is 6.42 Å². The lowest BCUT2D eigenvalue weighted by molar-refractivity contribution is 0.192. The molecule has 0 spiro atoms. The van der Waals surface area contributed by atoms with Crippen LogP contribution in [0, 0.1) is 5.92 Å². The molecule has 1 aromatic rings. The van der Waals surface area contributed by atoms with E-state index in [1.54, 1.807) is 6.07 Å². The summed E-state index contributed by atoms with van der Waals surface area (Å²) in [6.07, 6.45) is -0.0497. The van der Waals surface area contributed by atoms with Gasteiger partial charge in [-0.05, 0) is 24.5 Å². The number of hydrogen-bond acceptors (Lipinski definition) is 4. The molecule has 4 N–H and O–H groups in total. The minimum Gasteiger partial charge on any atom is -0.465 e. The van der Waals surface area contributed by atoms with Crippen molar-refractivity contribution in [1.82, 2.24) is 10.3 Å². The average Bonchev–Trinajstić information content (AvgIpc) is 2.79. The predicted molar refractivity (Wildman–Crippen MR) is 70.0 cm³/mol. The first-order valence-corrected chi connectivity index (χ1v) is 6.08. The van der Waals surface area contributed by atoms with E-state index in [1.165, 1.54) is 0 Å². The zero-order valence-electron chi connectivity index (χ0n) is 9.77. The normalized spacial score (nSPS) is 18.9. The molecule has 2 heterocycles. The number of nitrogens with two attached hydrogens (primary N) is 1. The Hall–Kier alpha value is -1.69. The topological polar surface area (TPSA) is 91.5 Å². The van der Waals surface area contributed by atoms with E-state index >= 15 is 0 Å². The van der Waals surface area contributed by atoms with Crippen LogP contribution < -0.4 is 16.0 Å². The first-order valence-electron chi connectivity index (χ1n) is 5.70. The van der Waals surface area contributed by atoms with E-state index in [1.807, 2.05) is 6.07 Å². The third kappa shape index (κ3) is 2.95. The van der Waals surface area contributed by atoms with Gasteiger partial charge in [0.2, 0.25) is 0 Å². The number of carboxylic acid groups (broad SMARTS) is 1. The van der Waals surface area contributed by atoms with Crippen molar-refractivity contribution in [2.24, 2.45) is 5.92 Å². The highest BCUT2D eigenvalue weighted by molar-refractivity contribution is 6.31. The number of aromatic nitrogens is 1. The van der Waals surface area contributed by atoms with Crippen molar-refractivity contribution in [3.63, 3.8) is 0 Å². The SMILES string of the molecule is Nc1ccc(N2CCC(CNC(=O)O)C2)nc1Cl. The number of hydrogen-bond donors (Lipinski definition) is 3. The minimum absolute atomic E-state index is 0.305. The van der Waals surface area contributed by atoms with Gasteiger partial charge >= 0.3 is 6.09 Å². The first kappa shape index (κ1) is 12.8. The summed E-state index contributed by atoms with van der Waals surface area (Å²) < 4.78 is 0. The number of carbonyl (C=O) groups is 1. The number of nitrogens with zero attached hydrogens (tertiary/aromatic N) is 2. The van der Waals surface area contributed by atoms with Crippen LogP contribution in [0.3, 0.4) is 0 Å². The first-order chi connectivity index (χ1) is 8.56. The molecule has 1 aromatic heterocycles. The van der Waals surface area contributed by atoms with E-state index in [2.05, 4.69) is 15.2 Å². The number of halogens is 1. The molecule has 1 saturated heterocycles. The van der Waals surface area contributed by atoms with Crippen molar-refractivity contribution in [3.05, 3.63) is 17.3 Å². The van der Waals surface area contributed by atoms with Crippen molar-refractivity contribution in [2.75, 3.05) is 30.3 Å². The Morgan fingerprint density at radius 3 is 3.11 bits per heavy atom. The highest BCUT2D eigenvalue weighted by Gasteiger charge is 2.24. The third-order valence-corrected chi connectivity index (χ3v) is 3.32. The largest absolute Gasteiger partial charge is 0.465 e. The van der Waals surface area contributed by atoms with Gasteiger partial charge in [0.15, 0.2) is 5.15 Å². The molecule has 1 amide bonds. The summed E-state index contributed by atoms with van der Waals surface area (Å²) in [5.74, 6) is 1.09. The summed E-state index contributed by atoms with van der Waals surface area (Å²) in [6.45, 7) is 2.08. The van der Waals surface area contributed by atoms with Gasteiger partial charge in [0.25, 0.3) is 0 Å². The van der Waals surface area contributed by atoms with Crippen LogP contribution in [-0.4, -0.2) is 35.8 Å². The fraction of sp³-hybridized carbons (Fsp3) is 0.455. The number of amides is 1. The van der Waals surface area contributed by atoms with E-state index in [4.69, 9.17) is 22.4 Å². The Morgan fingerprint density at radius 2 is 2.44 bits per heavy atom. The molecule has 0 aliphatic carbocycles. The lowest BCUT2D eigenvalue weighted by Crippen LogP contribution is -2.29. The van der Waals surface area contributed by atoms with E-state index in [0.29, 0.717) is 23.3 Å². The molecular weight excluding hydrogens is 256 g/mol. The Labute approximate surface area is 110 Å². The van der Waals surface area contributed by atoms with Gasteiger partial charge < -0.3 is 21.1 Å². The maximum Gasteiger partial charge on any atom is 0.404 e. The van der Waals surface area contributed by atoms with Crippen LogP contribution in [-0.2, 0) is 0 Å². The Bertz CT molecular complexity index is 455. The average molecular weight is 271 g/mol. The van der Waals surface area contributed by atoms with Gasteiger partial charge in [-0.2, -0.15) is 0 Å². The smallest absolute Gasteiger partial charge is 0.404 e. The van der Waals surface area contributed by atoms with Gasteiger partial charge in [-0.1, -0.05) is 11.6 Å². The van der Waals surface area contributed by atoms with Crippen LogP contribution in [0.4, 0.5) is 16.3 Å². The van der Waals surface area contributed by atoms with Gasteiger partial charge in [-0.3, -0.25) is 0 Å². The van der Waals surface area contributed by atoms with Crippen LogP contribution in [0.25, 0.3) is 0 Å². The highest BCUT2D eigenvalue weighted by Crippen LogP contribution is 2.25. The molecule has 0 saturated carbocycles. The Morgan fingerprint density at radius 1 is 1.67 bits per heavy atom. The van der Waals surface area contributed by atoms with Crippen LogP contribution >= 0.6 is 11.6 Å². The minimum atomic E-state index is -0.984. The molecule has 6 nitrogen and oxygen atoms in total. The zero-order chi connectivity index (χ0) is 13.1. The summed E-state index contributed by atoms with van der Waals surface area (Å²) in [6, 6.07) is 3.56. The number of pyridine rings is 1. The summed E-state index contributed by atoms with van der Waals surface area (Å²) >= 11 is 5.88. The van der Waals surface area contributed by atoms with Crippen LogP contribution in [0.2, 0.25) is 5.15 Å². The molecule has 0 bridgehead atoms. The van der Waals surface area contributed by atoms with Gasteiger partial charge in [0.05, 0.1) is 5.69 Å². The van der Waals surface area contributed by atoms with Gasteiger partial charge in [-0.15, -0.1) is 0 Å².